The third-order valence-electron chi connectivity index (χ3n) is 2.90. The van der Waals surface area contributed by atoms with E-state index in [-0.39, 0.29) is 6.61 Å². The lowest BCUT2D eigenvalue weighted by molar-refractivity contribution is 0.160. The Balaban J connectivity index is 1.94. The van der Waals surface area contributed by atoms with Crippen LogP contribution in [-0.4, -0.2) is 12.7 Å². The molecule has 0 saturated carbocycles. The van der Waals surface area contributed by atoms with Gasteiger partial charge < -0.3 is 9.47 Å². The number of hydrazine groups is 1. The fourth-order valence-electron chi connectivity index (χ4n) is 1.75. The molecule has 6 heteroatoms. The first kappa shape index (κ1) is 16.1. The first-order chi connectivity index (χ1) is 10.6. The Morgan fingerprint density at radius 2 is 1.77 bits per heavy atom. The first-order valence-electron chi connectivity index (χ1n) is 6.79. The van der Waals surface area contributed by atoms with E-state index < -0.39 is 6.09 Å². The molecule has 0 aliphatic rings. The van der Waals surface area contributed by atoms with Crippen molar-refractivity contribution in [1.82, 2.24) is 0 Å². The quantitative estimate of drug-likeness (QED) is 0.517. The Bertz CT molecular complexity index is 614. The maximum absolute atomic E-state index is 11.5. The van der Waals surface area contributed by atoms with Crippen molar-refractivity contribution in [2.45, 2.75) is 13.5 Å². The summed E-state index contributed by atoms with van der Waals surface area (Å²) >= 11 is 5.83. The average molecular weight is 321 g/mol. The molecule has 0 aliphatic carbocycles. The van der Waals surface area contributed by atoms with Gasteiger partial charge in [0, 0.05) is 5.02 Å². The molecule has 1 amide bonds. The number of rotatable bonds is 5. The molecule has 0 fully saturated rings. The number of halogens is 1. The van der Waals surface area contributed by atoms with Crippen LogP contribution in [0.1, 0.15) is 12.5 Å². The second-order valence-corrected chi connectivity index (χ2v) is 4.91. The van der Waals surface area contributed by atoms with Crippen LogP contribution in [-0.2, 0) is 11.3 Å². The fraction of sp³-hybridized carbons (Fsp3) is 0.188. The molecule has 0 aromatic heterocycles. The van der Waals surface area contributed by atoms with Crippen molar-refractivity contribution in [2.24, 2.45) is 5.84 Å². The molecule has 0 heterocycles. The highest BCUT2D eigenvalue weighted by atomic mass is 35.5. The van der Waals surface area contributed by atoms with Gasteiger partial charge in [0.1, 0.15) is 12.4 Å². The highest BCUT2D eigenvalue weighted by Gasteiger charge is 2.12. The minimum atomic E-state index is -0.600. The van der Waals surface area contributed by atoms with Gasteiger partial charge in [0.25, 0.3) is 0 Å². The molecule has 2 rings (SSSR count). The van der Waals surface area contributed by atoms with Crippen molar-refractivity contribution in [1.29, 1.82) is 0 Å². The van der Waals surface area contributed by atoms with Crippen molar-refractivity contribution < 1.29 is 14.3 Å². The predicted molar refractivity (Wildman–Crippen MR) is 85.9 cm³/mol. The topological polar surface area (TPSA) is 64.8 Å². The van der Waals surface area contributed by atoms with Crippen molar-refractivity contribution in [3.63, 3.8) is 0 Å². The SMILES string of the molecule is CCOC(=O)N(N)c1ccc(OCc2ccc(Cl)cc2)cc1. The summed E-state index contributed by atoms with van der Waals surface area (Å²) in [4.78, 5) is 11.5. The summed E-state index contributed by atoms with van der Waals surface area (Å²) < 4.78 is 10.5. The van der Waals surface area contributed by atoms with E-state index >= 15 is 0 Å². The first-order valence-corrected chi connectivity index (χ1v) is 7.17. The lowest BCUT2D eigenvalue weighted by Crippen LogP contribution is -2.37. The lowest BCUT2D eigenvalue weighted by Gasteiger charge is -2.16. The molecule has 0 saturated heterocycles. The third kappa shape index (κ3) is 4.38. The summed E-state index contributed by atoms with van der Waals surface area (Å²) in [6.45, 7) is 2.43. The highest BCUT2D eigenvalue weighted by Crippen LogP contribution is 2.19. The molecule has 0 spiro atoms. The Hall–Kier alpha value is -2.24. The number of carbonyl (C=O) groups is 1. The van der Waals surface area contributed by atoms with Gasteiger partial charge in [-0.2, -0.15) is 0 Å². The molecule has 0 bridgehead atoms. The standard InChI is InChI=1S/C16H17ClN2O3/c1-2-21-16(20)19(18)14-7-9-15(10-8-14)22-11-12-3-5-13(17)6-4-12/h3-10H,2,11,18H2,1H3. The normalized spacial score (nSPS) is 10.1. The van der Waals surface area contributed by atoms with E-state index in [1.807, 2.05) is 24.3 Å². The van der Waals surface area contributed by atoms with Gasteiger partial charge in [-0.25, -0.2) is 15.6 Å². The molecule has 0 aliphatic heterocycles. The van der Waals surface area contributed by atoms with Crippen molar-refractivity contribution in [2.75, 3.05) is 11.6 Å². The Labute approximate surface area is 134 Å². The summed E-state index contributed by atoms with van der Waals surface area (Å²) in [5.74, 6) is 6.34. The number of benzene rings is 2. The zero-order valence-corrected chi connectivity index (χ0v) is 12.9. The molecule has 2 aromatic rings. The van der Waals surface area contributed by atoms with Crippen LogP contribution in [0.4, 0.5) is 10.5 Å². The van der Waals surface area contributed by atoms with Crippen LogP contribution < -0.4 is 15.6 Å². The van der Waals surface area contributed by atoms with Gasteiger partial charge in [0.05, 0.1) is 12.3 Å². The van der Waals surface area contributed by atoms with E-state index in [1.54, 1.807) is 31.2 Å². The molecule has 22 heavy (non-hydrogen) atoms. The van der Waals surface area contributed by atoms with Crippen molar-refractivity contribution in [3.8, 4) is 5.75 Å². The second-order valence-electron chi connectivity index (χ2n) is 4.48. The van der Waals surface area contributed by atoms with Gasteiger partial charge in [-0.05, 0) is 48.9 Å². The summed E-state index contributed by atoms with van der Waals surface area (Å²) in [5, 5.41) is 1.64. The van der Waals surface area contributed by atoms with Gasteiger partial charge in [-0.3, -0.25) is 0 Å². The third-order valence-corrected chi connectivity index (χ3v) is 3.15. The fourth-order valence-corrected chi connectivity index (χ4v) is 1.87. The van der Waals surface area contributed by atoms with Gasteiger partial charge in [-0.15, -0.1) is 0 Å². The molecule has 5 nitrogen and oxygen atoms in total. The van der Waals surface area contributed by atoms with Gasteiger partial charge in [0.15, 0.2) is 0 Å². The minimum Gasteiger partial charge on any atom is -0.489 e. The molecule has 2 N–H and O–H groups in total. The lowest BCUT2D eigenvalue weighted by atomic mass is 10.2. The van der Waals surface area contributed by atoms with Crippen LogP contribution in [0.5, 0.6) is 5.75 Å². The molecule has 0 radical (unpaired) electrons. The van der Waals surface area contributed by atoms with E-state index in [0.717, 1.165) is 10.6 Å². The maximum atomic E-state index is 11.5. The van der Waals surface area contributed by atoms with Gasteiger partial charge >= 0.3 is 6.09 Å². The summed E-state index contributed by atoms with van der Waals surface area (Å²) in [6.07, 6.45) is -0.600. The number of anilines is 1. The van der Waals surface area contributed by atoms with E-state index in [0.29, 0.717) is 23.1 Å². The van der Waals surface area contributed by atoms with E-state index in [2.05, 4.69) is 0 Å². The van der Waals surface area contributed by atoms with Gasteiger partial charge in [0.2, 0.25) is 0 Å². The van der Waals surface area contributed by atoms with Crippen LogP contribution in [0, 0.1) is 0 Å². The van der Waals surface area contributed by atoms with Crippen LogP contribution >= 0.6 is 11.6 Å². The van der Waals surface area contributed by atoms with E-state index in [9.17, 15) is 4.79 Å². The van der Waals surface area contributed by atoms with Crippen molar-refractivity contribution >= 4 is 23.4 Å². The monoisotopic (exact) mass is 320 g/mol. The maximum Gasteiger partial charge on any atom is 0.428 e. The van der Waals surface area contributed by atoms with Crippen molar-refractivity contribution in [3.05, 3.63) is 59.1 Å². The molecule has 0 unspecified atom stereocenters. The van der Waals surface area contributed by atoms with Crippen LogP contribution in [0.2, 0.25) is 5.02 Å². The smallest absolute Gasteiger partial charge is 0.428 e. The minimum absolute atomic E-state index is 0.273. The van der Waals surface area contributed by atoms with Crippen LogP contribution in [0.15, 0.2) is 48.5 Å². The number of nitrogens with zero attached hydrogens (tertiary/aromatic N) is 1. The van der Waals surface area contributed by atoms with Crippen LogP contribution in [0.25, 0.3) is 0 Å². The largest absolute Gasteiger partial charge is 0.489 e. The number of ether oxygens (including phenoxy) is 2. The molecule has 0 atom stereocenters. The average Bonchev–Trinajstić information content (AvgIpc) is 2.54. The Kier molecular flexibility index (Phi) is 5.63. The highest BCUT2D eigenvalue weighted by molar-refractivity contribution is 6.30. The summed E-state index contributed by atoms with van der Waals surface area (Å²) in [5.41, 5.74) is 1.54. The number of nitrogens with two attached hydrogens (primary N) is 1. The number of carbonyl (C=O) groups excluding carboxylic acids is 1. The van der Waals surface area contributed by atoms with E-state index in [1.165, 1.54) is 0 Å². The zero-order chi connectivity index (χ0) is 15.9. The predicted octanol–water partition coefficient (Wildman–Crippen LogP) is 3.76. The Morgan fingerprint density at radius 3 is 2.36 bits per heavy atom. The Morgan fingerprint density at radius 1 is 1.14 bits per heavy atom. The molecular weight excluding hydrogens is 304 g/mol. The zero-order valence-electron chi connectivity index (χ0n) is 12.2. The van der Waals surface area contributed by atoms with Gasteiger partial charge in [-0.1, -0.05) is 23.7 Å². The summed E-state index contributed by atoms with van der Waals surface area (Å²) in [7, 11) is 0. The molecule has 2 aromatic carbocycles. The number of amides is 1. The van der Waals surface area contributed by atoms with E-state index in [4.69, 9.17) is 26.9 Å². The summed E-state index contributed by atoms with van der Waals surface area (Å²) in [6, 6.07) is 14.3. The molecule has 116 valence electrons. The number of hydrogen-bond acceptors (Lipinski definition) is 4. The molecular formula is C16H17ClN2O3. The number of hydrogen-bond donors (Lipinski definition) is 1. The van der Waals surface area contributed by atoms with Crippen LogP contribution in [0.3, 0.4) is 0 Å². The second kappa shape index (κ2) is 7.68.